The summed E-state index contributed by atoms with van der Waals surface area (Å²) in [5, 5.41) is 26.5. The van der Waals surface area contributed by atoms with Crippen LogP contribution in [0.2, 0.25) is 0 Å². The molecule has 0 aromatic heterocycles. The summed E-state index contributed by atoms with van der Waals surface area (Å²) in [4.78, 5) is 11.2. The van der Waals surface area contributed by atoms with Crippen LogP contribution >= 0.6 is 22.6 Å². The minimum atomic E-state index is -0.188. The first-order valence-electron chi connectivity index (χ1n) is 9.35. The summed E-state index contributed by atoms with van der Waals surface area (Å²) in [6.45, 7) is 1.56. The van der Waals surface area contributed by atoms with Gasteiger partial charge in [-0.05, 0) is 89.4 Å². The predicted molar refractivity (Wildman–Crippen MR) is 117 cm³/mol. The first-order chi connectivity index (χ1) is 13.5. The maximum Gasteiger partial charge on any atom is 0.305 e. The van der Waals surface area contributed by atoms with Crippen LogP contribution in [0.4, 0.5) is 5.69 Å². The van der Waals surface area contributed by atoms with E-state index in [9.17, 15) is 15.0 Å². The second-order valence-corrected chi connectivity index (χ2v) is 8.08. The molecular formula is C21H25IN2O4. The molecule has 7 heteroatoms. The van der Waals surface area contributed by atoms with Gasteiger partial charge in [0.1, 0.15) is 0 Å². The van der Waals surface area contributed by atoms with E-state index in [1.807, 2.05) is 0 Å². The number of phenolic OH excluding ortho intramolecular Hbond substituents is 2. The van der Waals surface area contributed by atoms with Crippen LogP contribution in [-0.4, -0.2) is 36.4 Å². The van der Waals surface area contributed by atoms with Gasteiger partial charge in [0.15, 0.2) is 11.5 Å². The molecule has 0 aliphatic carbocycles. The van der Waals surface area contributed by atoms with E-state index in [2.05, 4.69) is 56.2 Å². The average molecular weight is 496 g/mol. The Morgan fingerprint density at radius 3 is 2.82 bits per heavy atom. The van der Waals surface area contributed by atoms with Crippen LogP contribution in [0.5, 0.6) is 11.5 Å². The van der Waals surface area contributed by atoms with E-state index in [0.29, 0.717) is 13.0 Å². The van der Waals surface area contributed by atoms with Crippen molar-refractivity contribution in [1.29, 1.82) is 0 Å². The molecule has 3 rings (SSSR count). The van der Waals surface area contributed by atoms with Gasteiger partial charge < -0.3 is 25.6 Å². The molecule has 0 fully saturated rings. The third kappa shape index (κ3) is 5.08. The van der Waals surface area contributed by atoms with Gasteiger partial charge >= 0.3 is 5.97 Å². The highest BCUT2D eigenvalue weighted by Gasteiger charge is 2.22. The van der Waals surface area contributed by atoms with Crippen LogP contribution in [0.15, 0.2) is 30.3 Å². The van der Waals surface area contributed by atoms with Crippen molar-refractivity contribution in [3.05, 3.63) is 50.6 Å². The lowest BCUT2D eigenvalue weighted by Crippen LogP contribution is -2.31. The number of hydrogen-bond donors (Lipinski definition) is 4. The molecule has 4 N–H and O–H groups in total. The normalized spacial score (nSPS) is 15.7. The Balaban J connectivity index is 1.64. The van der Waals surface area contributed by atoms with Crippen LogP contribution in [0, 0.1) is 3.57 Å². The van der Waals surface area contributed by atoms with Crippen LogP contribution in [-0.2, 0) is 22.4 Å². The largest absolute Gasteiger partial charge is 0.504 e. The first-order valence-corrected chi connectivity index (χ1v) is 10.4. The monoisotopic (exact) mass is 496 g/mol. The Morgan fingerprint density at radius 1 is 1.29 bits per heavy atom. The van der Waals surface area contributed by atoms with E-state index in [4.69, 9.17) is 0 Å². The topological polar surface area (TPSA) is 90.8 Å². The van der Waals surface area contributed by atoms with Gasteiger partial charge in [-0.15, -0.1) is 0 Å². The summed E-state index contributed by atoms with van der Waals surface area (Å²) in [6, 6.07) is 9.76. The summed E-state index contributed by atoms with van der Waals surface area (Å²) in [6.07, 6.45) is 2.78. The van der Waals surface area contributed by atoms with Gasteiger partial charge in [-0.2, -0.15) is 0 Å². The van der Waals surface area contributed by atoms with Crippen molar-refractivity contribution in [3.63, 3.8) is 0 Å². The first kappa shape index (κ1) is 20.7. The van der Waals surface area contributed by atoms with Gasteiger partial charge in [-0.25, -0.2) is 0 Å². The Kier molecular flexibility index (Phi) is 7.01. The summed E-state index contributed by atoms with van der Waals surface area (Å²) >= 11 is 2.31. The van der Waals surface area contributed by atoms with Crippen molar-refractivity contribution in [1.82, 2.24) is 5.32 Å². The number of anilines is 1. The number of nitrogens with one attached hydrogen (secondary N) is 2. The molecule has 0 radical (unpaired) electrons. The number of hydrogen-bond acceptors (Lipinski definition) is 6. The summed E-state index contributed by atoms with van der Waals surface area (Å²) < 4.78 is 5.77. The molecule has 2 aromatic carbocycles. The molecule has 0 saturated carbocycles. The maximum absolute atomic E-state index is 11.2. The molecule has 150 valence electrons. The van der Waals surface area contributed by atoms with Crippen molar-refractivity contribution < 1.29 is 19.7 Å². The van der Waals surface area contributed by atoms with Crippen LogP contribution in [0.3, 0.4) is 0 Å². The Bertz CT molecular complexity index is 857. The van der Waals surface area contributed by atoms with Crippen molar-refractivity contribution in [2.75, 3.05) is 25.5 Å². The van der Waals surface area contributed by atoms with E-state index < -0.39 is 0 Å². The molecule has 1 atom stereocenters. The van der Waals surface area contributed by atoms with Crippen molar-refractivity contribution in [2.45, 2.75) is 31.7 Å². The Morgan fingerprint density at radius 2 is 2.07 bits per heavy atom. The van der Waals surface area contributed by atoms with Crippen LogP contribution in [0.1, 0.15) is 35.6 Å². The van der Waals surface area contributed by atoms with Gasteiger partial charge in [-0.3, -0.25) is 4.79 Å². The number of fused-ring (bicyclic) bond motifs is 1. The van der Waals surface area contributed by atoms with E-state index in [1.54, 1.807) is 12.1 Å². The molecule has 6 nitrogen and oxygen atoms in total. The second-order valence-electron chi connectivity index (χ2n) is 6.92. The predicted octanol–water partition coefficient (Wildman–Crippen LogP) is 3.50. The minimum Gasteiger partial charge on any atom is -0.504 e. The smallest absolute Gasteiger partial charge is 0.305 e. The fraction of sp³-hybridized carbons (Fsp3) is 0.381. The zero-order chi connectivity index (χ0) is 20.1. The Hall–Kier alpha value is -2.00. The van der Waals surface area contributed by atoms with Gasteiger partial charge in [-0.1, -0.05) is 6.07 Å². The molecule has 0 bridgehead atoms. The highest BCUT2D eigenvalue weighted by molar-refractivity contribution is 14.1. The third-order valence-corrected chi connectivity index (χ3v) is 5.86. The lowest BCUT2D eigenvalue weighted by Gasteiger charge is -2.27. The van der Waals surface area contributed by atoms with Crippen LogP contribution in [0.25, 0.3) is 0 Å². The number of phenols is 2. The second kappa shape index (κ2) is 9.47. The SMILES string of the molecule is COC(=O)CCCNc1ccc(CC2NCCc3cc(O)c(O)cc32)cc1I. The van der Waals surface area contributed by atoms with E-state index in [0.717, 1.165) is 46.2 Å². The fourth-order valence-electron chi connectivity index (χ4n) is 3.47. The minimum absolute atomic E-state index is 0.0587. The van der Waals surface area contributed by atoms with E-state index >= 15 is 0 Å². The molecule has 0 saturated heterocycles. The van der Waals surface area contributed by atoms with E-state index in [-0.39, 0.29) is 23.5 Å². The summed E-state index contributed by atoms with van der Waals surface area (Å²) in [5.74, 6) is -0.323. The molecule has 0 spiro atoms. The number of halogens is 1. The number of ether oxygens (including phenoxy) is 1. The molecule has 2 aromatic rings. The number of methoxy groups -OCH3 is 1. The van der Waals surface area contributed by atoms with Crippen molar-refractivity contribution in [3.8, 4) is 11.5 Å². The lowest BCUT2D eigenvalue weighted by atomic mass is 9.90. The zero-order valence-electron chi connectivity index (χ0n) is 15.8. The number of carbonyl (C=O) groups is 1. The lowest BCUT2D eigenvalue weighted by molar-refractivity contribution is -0.140. The van der Waals surface area contributed by atoms with Crippen molar-refractivity contribution in [2.24, 2.45) is 0 Å². The quantitative estimate of drug-likeness (QED) is 0.203. The maximum atomic E-state index is 11.2. The van der Waals surface area contributed by atoms with Crippen LogP contribution < -0.4 is 10.6 Å². The van der Waals surface area contributed by atoms with Gasteiger partial charge in [0.2, 0.25) is 0 Å². The standard InChI is InChI=1S/C21H25IN2O4/c1-28-21(27)3-2-7-23-17-5-4-13(9-16(17)22)10-18-15-12-20(26)19(25)11-14(15)6-8-24-18/h4-5,9,11-12,18,23-26H,2-3,6-8,10H2,1H3. The number of rotatable bonds is 7. The number of aromatic hydroxyl groups is 2. The molecule has 0 amide bonds. The Labute approximate surface area is 178 Å². The highest BCUT2D eigenvalue weighted by Crippen LogP contribution is 2.35. The molecular weight excluding hydrogens is 471 g/mol. The molecule has 1 heterocycles. The third-order valence-electron chi connectivity index (χ3n) is 4.97. The fourth-order valence-corrected chi connectivity index (χ4v) is 4.24. The number of carbonyl (C=O) groups excluding carboxylic acids is 1. The van der Waals surface area contributed by atoms with E-state index in [1.165, 1.54) is 12.7 Å². The van der Waals surface area contributed by atoms with Gasteiger partial charge in [0, 0.05) is 28.3 Å². The summed E-state index contributed by atoms with van der Waals surface area (Å²) in [5.41, 5.74) is 4.37. The number of esters is 1. The zero-order valence-corrected chi connectivity index (χ0v) is 18.0. The highest BCUT2D eigenvalue weighted by atomic mass is 127. The summed E-state index contributed by atoms with van der Waals surface area (Å²) in [7, 11) is 1.40. The molecule has 1 unspecified atom stereocenters. The van der Waals surface area contributed by atoms with Gasteiger partial charge in [0.05, 0.1) is 7.11 Å². The van der Waals surface area contributed by atoms with Crippen molar-refractivity contribution >= 4 is 34.2 Å². The molecule has 1 aliphatic rings. The van der Waals surface area contributed by atoms with Gasteiger partial charge in [0.25, 0.3) is 0 Å². The average Bonchev–Trinajstić information content (AvgIpc) is 2.68. The molecule has 1 aliphatic heterocycles. The molecule has 28 heavy (non-hydrogen) atoms. The number of benzene rings is 2.